The molecule has 0 spiro atoms. The number of benzene rings is 1. The van der Waals surface area contributed by atoms with E-state index in [2.05, 4.69) is 22.5 Å². The topological polar surface area (TPSA) is 54.0 Å². The average molecular weight is 304 g/mol. The van der Waals surface area contributed by atoms with E-state index >= 15 is 0 Å². The molecular weight excluding hydrogens is 286 g/mol. The van der Waals surface area contributed by atoms with Crippen LogP contribution in [0.4, 0.5) is 11.5 Å². The average Bonchev–Trinajstić information content (AvgIpc) is 2.49. The van der Waals surface area contributed by atoms with Crippen molar-refractivity contribution in [2.24, 2.45) is 0 Å². The summed E-state index contributed by atoms with van der Waals surface area (Å²) in [6, 6.07) is 9.04. The number of rotatable bonds is 5. The fourth-order valence-corrected chi connectivity index (χ4v) is 1.98. The van der Waals surface area contributed by atoms with Gasteiger partial charge in [-0.3, -0.25) is 4.79 Å². The van der Waals surface area contributed by atoms with Crippen molar-refractivity contribution in [3.8, 4) is 0 Å². The number of pyridine rings is 1. The highest BCUT2D eigenvalue weighted by Gasteiger charge is 2.09. The maximum Gasteiger partial charge on any atom is 0.257 e. The Morgan fingerprint density at radius 2 is 2.10 bits per heavy atom. The molecule has 0 atom stereocenters. The van der Waals surface area contributed by atoms with Crippen LogP contribution in [0.5, 0.6) is 0 Å². The number of hydrogen-bond acceptors (Lipinski definition) is 3. The van der Waals surface area contributed by atoms with Gasteiger partial charge in [0.2, 0.25) is 0 Å². The van der Waals surface area contributed by atoms with Crippen LogP contribution in [0, 0.1) is 6.92 Å². The molecule has 0 radical (unpaired) electrons. The van der Waals surface area contributed by atoms with Crippen molar-refractivity contribution in [3.63, 3.8) is 0 Å². The van der Waals surface area contributed by atoms with Gasteiger partial charge in [-0.15, -0.1) is 0 Å². The van der Waals surface area contributed by atoms with E-state index in [0.717, 1.165) is 24.3 Å². The summed E-state index contributed by atoms with van der Waals surface area (Å²) >= 11 is 6.07. The van der Waals surface area contributed by atoms with Gasteiger partial charge in [0, 0.05) is 12.7 Å². The first-order valence-electron chi connectivity index (χ1n) is 6.87. The van der Waals surface area contributed by atoms with E-state index in [0.29, 0.717) is 16.3 Å². The van der Waals surface area contributed by atoms with E-state index in [9.17, 15) is 4.79 Å². The Balaban J connectivity index is 2.07. The van der Waals surface area contributed by atoms with Crippen molar-refractivity contribution in [1.29, 1.82) is 0 Å². The van der Waals surface area contributed by atoms with Crippen LogP contribution < -0.4 is 10.6 Å². The summed E-state index contributed by atoms with van der Waals surface area (Å²) in [6.07, 6.45) is 2.58. The minimum Gasteiger partial charge on any atom is -0.370 e. The number of halogens is 1. The number of nitrogens with one attached hydrogen (secondary N) is 2. The third-order valence-electron chi connectivity index (χ3n) is 2.95. The van der Waals surface area contributed by atoms with E-state index in [4.69, 9.17) is 11.6 Å². The highest BCUT2D eigenvalue weighted by Crippen LogP contribution is 2.23. The van der Waals surface area contributed by atoms with Gasteiger partial charge in [-0.05, 0) is 43.2 Å². The van der Waals surface area contributed by atoms with Crippen LogP contribution in [-0.4, -0.2) is 17.4 Å². The lowest BCUT2D eigenvalue weighted by Gasteiger charge is -2.09. The molecule has 0 saturated carbocycles. The Morgan fingerprint density at radius 1 is 1.29 bits per heavy atom. The maximum atomic E-state index is 12.2. The quantitative estimate of drug-likeness (QED) is 0.873. The summed E-state index contributed by atoms with van der Waals surface area (Å²) in [7, 11) is 0. The molecule has 110 valence electrons. The Hall–Kier alpha value is -2.07. The smallest absolute Gasteiger partial charge is 0.257 e. The summed E-state index contributed by atoms with van der Waals surface area (Å²) in [5.74, 6) is 0.541. The monoisotopic (exact) mass is 303 g/mol. The van der Waals surface area contributed by atoms with E-state index in [1.165, 1.54) is 0 Å². The van der Waals surface area contributed by atoms with Gasteiger partial charge in [-0.1, -0.05) is 24.6 Å². The van der Waals surface area contributed by atoms with Crippen molar-refractivity contribution in [1.82, 2.24) is 4.98 Å². The number of amides is 1. The molecule has 0 aliphatic carbocycles. The minimum atomic E-state index is -0.225. The number of nitrogens with zero attached hydrogens (tertiary/aromatic N) is 1. The van der Waals surface area contributed by atoms with Gasteiger partial charge in [-0.25, -0.2) is 4.98 Å². The van der Waals surface area contributed by atoms with Crippen LogP contribution in [0.2, 0.25) is 5.02 Å². The van der Waals surface area contributed by atoms with Crippen LogP contribution in [0.25, 0.3) is 0 Å². The molecule has 2 N–H and O–H groups in total. The zero-order chi connectivity index (χ0) is 15.2. The largest absolute Gasteiger partial charge is 0.370 e. The van der Waals surface area contributed by atoms with Crippen LogP contribution in [0.3, 0.4) is 0 Å². The lowest BCUT2D eigenvalue weighted by atomic mass is 10.2. The summed E-state index contributed by atoms with van der Waals surface area (Å²) < 4.78 is 0. The van der Waals surface area contributed by atoms with Gasteiger partial charge in [-0.2, -0.15) is 0 Å². The summed E-state index contributed by atoms with van der Waals surface area (Å²) in [5, 5.41) is 6.48. The number of aromatic nitrogens is 1. The minimum absolute atomic E-state index is 0.225. The number of hydrogen-bond donors (Lipinski definition) is 2. The van der Waals surface area contributed by atoms with Crippen molar-refractivity contribution in [2.45, 2.75) is 20.3 Å². The normalized spacial score (nSPS) is 10.2. The molecule has 2 aromatic rings. The summed E-state index contributed by atoms with van der Waals surface area (Å²) in [5.41, 5.74) is 2.14. The fourth-order valence-electron chi connectivity index (χ4n) is 1.82. The zero-order valence-corrected chi connectivity index (χ0v) is 12.9. The van der Waals surface area contributed by atoms with Crippen molar-refractivity contribution < 1.29 is 4.79 Å². The van der Waals surface area contributed by atoms with Gasteiger partial charge in [0.1, 0.15) is 5.82 Å². The van der Waals surface area contributed by atoms with Crippen LogP contribution in [0.1, 0.15) is 29.3 Å². The third-order valence-corrected chi connectivity index (χ3v) is 3.28. The second-order valence-corrected chi connectivity index (χ2v) is 5.20. The predicted molar refractivity (Wildman–Crippen MR) is 87.2 cm³/mol. The second kappa shape index (κ2) is 7.09. The van der Waals surface area contributed by atoms with Crippen LogP contribution in [-0.2, 0) is 0 Å². The van der Waals surface area contributed by atoms with E-state index in [1.54, 1.807) is 24.4 Å². The zero-order valence-electron chi connectivity index (χ0n) is 12.1. The summed E-state index contributed by atoms with van der Waals surface area (Å²) in [6.45, 7) is 4.89. The molecule has 0 fully saturated rings. The Labute approximate surface area is 129 Å². The Morgan fingerprint density at radius 3 is 2.76 bits per heavy atom. The lowest BCUT2D eigenvalue weighted by molar-refractivity contribution is 0.102. The van der Waals surface area contributed by atoms with Gasteiger partial charge in [0.15, 0.2) is 0 Å². The highest BCUT2D eigenvalue weighted by atomic mass is 35.5. The molecule has 1 aromatic carbocycles. The molecule has 0 unspecified atom stereocenters. The van der Waals surface area contributed by atoms with Crippen molar-refractivity contribution in [2.75, 3.05) is 17.2 Å². The molecule has 4 nitrogen and oxygen atoms in total. The summed E-state index contributed by atoms with van der Waals surface area (Å²) in [4.78, 5) is 16.4. The molecule has 0 saturated heterocycles. The molecule has 1 heterocycles. The first-order valence-corrected chi connectivity index (χ1v) is 7.25. The molecule has 1 aromatic heterocycles. The number of anilines is 2. The van der Waals surface area contributed by atoms with Crippen LogP contribution >= 0.6 is 11.6 Å². The fraction of sp³-hybridized carbons (Fsp3) is 0.250. The molecule has 21 heavy (non-hydrogen) atoms. The predicted octanol–water partition coefficient (Wildman–Crippen LogP) is 4.12. The Kier molecular flexibility index (Phi) is 5.17. The lowest BCUT2D eigenvalue weighted by Crippen LogP contribution is -2.13. The van der Waals surface area contributed by atoms with E-state index in [1.807, 2.05) is 19.1 Å². The van der Waals surface area contributed by atoms with Gasteiger partial charge in [0.25, 0.3) is 5.91 Å². The third kappa shape index (κ3) is 4.20. The van der Waals surface area contributed by atoms with Gasteiger partial charge < -0.3 is 10.6 Å². The highest BCUT2D eigenvalue weighted by molar-refractivity contribution is 6.33. The van der Waals surface area contributed by atoms with Gasteiger partial charge in [0.05, 0.1) is 16.3 Å². The molecular formula is C16H18ClN3O. The van der Waals surface area contributed by atoms with E-state index in [-0.39, 0.29) is 5.91 Å². The first-order chi connectivity index (χ1) is 10.1. The molecule has 1 amide bonds. The second-order valence-electron chi connectivity index (χ2n) is 4.80. The molecule has 2 rings (SSSR count). The van der Waals surface area contributed by atoms with Crippen molar-refractivity contribution >= 4 is 29.0 Å². The standard InChI is InChI=1S/C16H18ClN3O/c1-3-8-18-15-7-5-12(10-19-15)16(21)20-14-9-11(2)4-6-13(14)17/h4-7,9-10H,3,8H2,1-2H3,(H,18,19)(H,20,21). The molecule has 0 aliphatic rings. The SMILES string of the molecule is CCCNc1ccc(C(=O)Nc2cc(C)ccc2Cl)cn1. The van der Waals surface area contributed by atoms with Crippen molar-refractivity contribution in [3.05, 3.63) is 52.7 Å². The van der Waals surface area contributed by atoms with E-state index < -0.39 is 0 Å². The van der Waals surface area contributed by atoms with Gasteiger partial charge >= 0.3 is 0 Å². The number of carbonyl (C=O) groups excluding carboxylic acids is 1. The first kappa shape index (κ1) is 15.3. The Bertz CT molecular complexity index is 626. The molecule has 0 aliphatic heterocycles. The maximum absolute atomic E-state index is 12.2. The number of aryl methyl sites for hydroxylation is 1. The molecule has 0 bridgehead atoms. The molecule has 5 heteroatoms. The van der Waals surface area contributed by atoms with Crippen LogP contribution in [0.15, 0.2) is 36.5 Å². The number of carbonyl (C=O) groups is 1.